The number of carbonyl (C=O) groups is 1. The van der Waals surface area contributed by atoms with Crippen LogP contribution in [0, 0.1) is 0 Å². The molecular formula is C14H15NO4S. The number of carbonyl (C=O) groups excluding carboxylic acids is 1. The highest BCUT2D eigenvalue weighted by Gasteiger charge is 2.13. The van der Waals surface area contributed by atoms with Gasteiger partial charge in [-0.3, -0.25) is 9.00 Å². The lowest BCUT2D eigenvalue weighted by Gasteiger charge is -2.09. The highest BCUT2D eigenvalue weighted by molar-refractivity contribution is 7.84. The number of nitrogens with one attached hydrogen (secondary N) is 1. The van der Waals surface area contributed by atoms with E-state index in [1.54, 1.807) is 42.7 Å². The maximum atomic E-state index is 11.9. The first kappa shape index (κ1) is 14.5. The van der Waals surface area contributed by atoms with E-state index in [-0.39, 0.29) is 12.5 Å². The Bertz CT molecular complexity index is 592. The van der Waals surface area contributed by atoms with E-state index in [1.165, 1.54) is 6.26 Å². The first-order valence-electron chi connectivity index (χ1n) is 6.01. The smallest absolute Gasteiger partial charge is 0.251 e. The molecule has 2 unspecified atom stereocenters. The van der Waals surface area contributed by atoms with Crippen molar-refractivity contribution in [1.29, 1.82) is 0 Å². The summed E-state index contributed by atoms with van der Waals surface area (Å²) in [5, 5.41) is 12.4. The summed E-state index contributed by atoms with van der Waals surface area (Å²) in [5.41, 5.74) is 0.450. The van der Waals surface area contributed by atoms with E-state index in [1.807, 2.05) is 0 Å². The molecule has 2 N–H and O–H groups in total. The minimum absolute atomic E-state index is 0.0633. The molecule has 1 aromatic heterocycles. The summed E-state index contributed by atoms with van der Waals surface area (Å²) in [6.45, 7) is 0.0633. The van der Waals surface area contributed by atoms with E-state index in [9.17, 15) is 14.1 Å². The van der Waals surface area contributed by atoms with Crippen molar-refractivity contribution in [3.8, 4) is 0 Å². The van der Waals surface area contributed by atoms with Crippen LogP contribution in [0.2, 0.25) is 0 Å². The van der Waals surface area contributed by atoms with Gasteiger partial charge in [-0.2, -0.15) is 0 Å². The predicted octanol–water partition coefficient (Wildman–Crippen LogP) is 1.48. The van der Waals surface area contributed by atoms with Crippen LogP contribution in [-0.4, -0.2) is 28.0 Å². The van der Waals surface area contributed by atoms with Crippen molar-refractivity contribution in [3.63, 3.8) is 0 Å². The average molecular weight is 293 g/mol. The van der Waals surface area contributed by atoms with Crippen LogP contribution < -0.4 is 5.32 Å². The van der Waals surface area contributed by atoms with Gasteiger partial charge >= 0.3 is 0 Å². The molecule has 0 aliphatic carbocycles. The molecule has 0 saturated heterocycles. The Labute approximate surface area is 119 Å². The fourth-order valence-electron chi connectivity index (χ4n) is 1.67. The molecule has 1 heterocycles. The third-order valence-corrected chi connectivity index (χ3v) is 3.71. The molecule has 2 atom stereocenters. The van der Waals surface area contributed by atoms with Crippen LogP contribution in [-0.2, 0) is 10.8 Å². The van der Waals surface area contributed by atoms with Crippen LogP contribution >= 0.6 is 0 Å². The molecule has 0 radical (unpaired) electrons. The van der Waals surface area contributed by atoms with Gasteiger partial charge in [0.05, 0.1) is 12.8 Å². The van der Waals surface area contributed by atoms with Crippen LogP contribution in [0.4, 0.5) is 0 Å². The number of rotatable bonds is 5. The molecule has 0 fully saturated rings. The first-order chi connectivity index (χ1) is 9.58. The second-order valence-corrected chi connectivity index (χ2v) is 5.60. The summed E-state index contributed by atoms with van der Waals surface area (Å²) in [6, 6.07) is 9.81. The molecule has 0 spiro atoms. The number of aliphatic hydroxyl groups excluding tert-OH is 1. The number of furan rings is 1. The molecule has 6 heteroatoms. The lowest BCUT2D eigenvalue weighted by atomic mass is 10.2. The number of hydrogen-bond acceptors (Lipinski definition) is 4. The number of amides is 1. The largest absolute Gasteiger partial charge is 0.467 e. The van der Waals surface area contributed by atoms with Gasteiger partial charge < -0.3 is 14.8 Å². The van der Waals surface area contributed by atoms with Gasteiger partial charge in [-0.15, -0.1) is 0 Å². The molecule has 0 aliphatic rings. The molecule has 2 rings (SSSR count). The zero-order chi connectivity index (χ0) is 14.5. The second-order valence-electron chi connectivity index (χ2n) is 4.22. The van der Waals surface area contributed by atoms with Crippen LogP contribution in [0.25, 0.3) is 0 Å². The van der Waals surface area contributed by atoms with E-state index in [0.29, 0.717) is 16.2 Å². The lowest BCUT2D eigenvalue weighted by molar-refractivity contribution is 0.0901. The molecule has 0 saturated carbocycles. The number of benzene rings is 1. The molecule has 1 aromatic carbocycles. The van der Waals surface area contributed by atoms with Gasteiger partial charge in [-0.1, -0.05) is 0 Å². The van der Waals surface area contributed by atoms with Gasteiger partial charge in [0.25, 0.3) is 5.91 Å². The molecule has 2 aromatic rings. The molecule has 1 amide bonds. The van der Waals surface area contributed by atoms with Crippen LogP contribution in [0.1, 0.15) is 22.2 Å². The van der Waals surface area contributed by atoms with Gasteiger partial charge in [0, 0.05) is 27.5 Å². The summed E-state index contributed by atoms with van der Waals surface area (Å²) in [5.74, 6) is 0.103. The Kier molecular flexibility index (Phi) is 4.70. The van der Waals surface area contributed by atoms with Crippen molar-refractivity contribution < 1.29 is 18.5 Å². The van der Waals surface area contributed by atoms with Crippen molar-refractivity contribution in [1.82, 2.24) is 5.32 Å². The van der Waals surface area contributed by atoms with Gasteiger partial charge in [0.15, 0.2) is 0 Å². The average Bonchev–Trinajstić information content (AvgIpc) is 2.98. The van der Waals surface area contributed by atoms with E-state index in [2.05, 4.69) is 5.32 Å². The third-order valence-electron chi connectivity index (χ3n) is 2.78. The fourth-order valence-corrected chi connectivity index (χ4v) is 2.19. The lowest BCUT2D eigenvalue weighted by Crippen LogP contribution is -2.28. The molecule has 0 aliphatic heterocycles. The topological polar surface area (TPSA) is 79.5 Å². The van der Waals surface area contributed by atoms with Crippen molar-refractivity contribution in [2.75, 3.05) is 12.8 Å². The molecule has 20 heavy (non-hydrogen) atoms. The monoisotopic (exact) mass is 293 g/mol. The maximum absolute atomic E-state index is 11.9. The molecular weight excluding hydrogens is 278 g/mol. The summed E-state index contributed by atoms with van der Waals surface area (Å²) < 4.78 is 16.3. The standard InChI is InChI=1S/C14H15NO4S/c1-20(18)11-6-4-10(5-7-11)14(17)15-9-12(16)13-3-2-8-19-13/h2-8,12,16H,9H2,1H3,(H,15,17). The summed E-state index contributed by atoms with van der Waals surface area (Å²) in [6.07, 6.45) is 2.16. The van der Waals surface area contributed by atoms with E-state index >= 15 is 0 Å². The second kappa shape index (κ2) is 6.49. The normalized spacial score (nSPS) is 13.7. The minimum Gasteiger partial charge on any atom is -0.467 e. The van der Waals surface area contributed by atoms with Crippen LogP contribution in [0.5, 0.6) is 0 Å². The summed E-state index contributed by atoms with van der Waals surface area (Å²) >= 11 is 0. The van der Waals surface area contributed by atoms with Crippen LogP contribution in [0.15, 0.2) is 52.0 Å². The number of hydrogen-bond donors (Lipinski definition) is 2. The summed E-state index contributed by atoms with van der Waals surface area (Å²) in [4.78, 5) is 12.5. The molecule has 106 valence electrons. The quantitative estimate of drug-likeness (QED) is 0.875. The Morgan fingerprint density at radius 1 is 1.35 bits per heavy atom. The third kappa shape index (κ3) is 3.55. The van der Waals surface area contributed by atoms with Gasteiger partial charge in [-0.25, -0.2) is 0 Å². The van der Waals surface area contributed by atoms with E-state index < -0.39 is 16.9 Å². The van der Waals surface area contributed by atoms with Crippen molar-refractivity contribution >= 4 is 16.7 Å². The van der Waals surface area contributed by atoms with Crippen LogP contribution in [0.3, 0.4) is 0 Å². The Balaban J connectivity index is 1.93. The molecule has 0 bridgehead atoms. The van der Waals surface area contributed by atoms with Crippen molar-refractivity contribution in [2.24, 2.45) is 0 Å². The summed E-state index contributed by atoms with van der Waals surface area (Å²) in [7, 11) is -1.07. The van der Waals surface area contributed by atoms with E-state index in [4.69, 9.17) is 4.42 Å². The number of aliphatic hydroxyl groups is 1. The maximum Gasteiger partial charge on any atom is 0.251 e. The SMILES string of the molecule is CS(=O)c1ccc(C(=O)NCC(O)c2ccco2)cc1. The van der Waals surface area contributed by atoms with Gasteiger partial charge in [-0.05, 0) is 36.4 Å². The highest BCUT2D eigenvalue weighted by atomic mass is 32.2. The Morgan fingerprint density at radius 2 is 2.05 bits per heavy atom. The van der Waals surface area contributed by atoms with Crippen molar-refractivity contribution in [3.05, 3.63) is 54.0 Å². The Hall–Kier alpha value is -1.92. The zero-order valence-corrected chi connectivity index (χ0v) is 11.7. The molecule has 5 nitrogen and oxygen atoms in total. The fraction of sp³-hybridized carbons (Fsp3) is 0.214. The Morgan fingerprint density at radius 3 is 2.60 bits per heavy atom. The predicted molar refractivity (Wildman–Crippen MR) is 74.8 cm³/mol. The first-order valence-corrected chi connectivity index (χ1v) is 7.57. The van der Waals surface area contributed by atoms with Crippen molar-refractivity contribution in [2.45, 2.75) is 11.0 Å². The van der Waals surface area contributed by atoms with Gasteiger partial charge in [0.1, 0.15) is 11.9 Å². The zero-order valence-electron chi connectivity index (χ0n) is 10.9. The van der Waals surface area contributed by atoms with Gasteiger partial charge in [0.2, 0.25) is 0 Å². The highest BCUT2D eigenvalue weighted by Crippen LogP contribution is 2.12. The van der Waals surface area contributed by atoms with E-state index in [0.717, 1.165) is 0 Å². The minimum atomic E-state index is -1.07.